The van der Waals surface area contributed by atoms with Gasteiger partial charge in [-0.3, -0.25) is 0 Å². The third kappa shape index (κ3) is 4.78. The van der Waals surface area contributed by atoms with Crippen molar-refractivity contribution in [2.24, 2.45) is 0 Å². The van der Waals surface area contributed by atoms with Crippen LogP contribution in [-0.4, -0.2) is 45.3 Å². The summed E-state index contributed by atoms with van der Waals surface area (Å²) in [6.07, 6.45) is -2.24. The molecule has 30 heavy (non-hydrogen) atoms. The fourth-order valence-electron chi connectivity index (χ4n) is 4.98. The molecule has 2 N–H and O–H groups in total. The summed E-state index contributed by atoms with van der Waals surface area (Å²) < 4.78 is 53.8. The van der Waals surface area contributed by atoms with Crippen molar-refractivity contribution in [1.29, 1.82) is 0 Å². The van der Waals surface area contributed by atoms with Gasteiger partial charge in [0.2, 0.25) is 0 Å². The largest absolute Gasteiger partial charge is 0.416 e. The Hall–Kier alpha value is -2.12. The van der Waals surface area contributed by atoms with Crippen LogP contribution in [0.5, 0.6) is 0 Å². The Bertz CT molecular complexity index is 838. The molecule has 0 radical (unpaired) electrons. The first kappa shape index (κ1) is 21.1. The Kier molecular flexibility index (Phi) is 6.29. The van der Waals surface area contributed by atoms with Crippen molar-refractivity contribution in [3.05, 3.63) is 65.5 Å². The van der Waals surface area contributed by atoms with E-state index in [0.29, 0.717) is 23.8 Å². The number of anilines is 1. The van der Waals surface area contributed by atoms with Gasteiger partial charge in [-0.15, -0.1) is 0 Å². The van der Waals surface area contributed by atoms with Crippen molar-refractivity contribution >= 4 is 5.69 Å². The summed E-state index contributed by atoms with van der Waals surface area (Å²) >= 11 is 0. The van der Waals surface area contributed by atoms with E-state index in [2.05, 4.69) is 4.90 Å². The van der Waals surface area contributed by atoms with Crippen LogP contribution in [0.3, 0.4) is 0 Å². The number of hydrogen-bond donors (Lipinski definition) is 2. The van der Waals surface area contributed by atoms with E-state index in [4.69, 9.17) is 0 Å². The lowest BCUT2D eigenvalue weighted by Gasteiger charge is -2.40. The highest BCUT2D eigenvalue weighted by Crippen LogP contribution is 2.31. The highest BCUT2D eigenvalue weighted by atomic mass is 19.4. The van der Waals surface area contributed by atoms with E-state index in [1.807, 2.05) is 12.1 Å². The van der Waals surface area contributed by atoms with Gasteiger partial charge in [0.25, 0.3) is 0 Å². The highest BCUT2D eigenvalue weighted by molar-refractivity contribution is 5.47. The third-order valence-electron chi connectivity index (χ3n) is 6.63. The van der Waals surface area contributed by atoms with E-state index in [1.54, 1.807) is 23.1 Å². The summed E-state index contributed by atoms with van der Waals surface area (Å²) in [5.74, 6) is -0.169. The van der Waals surface area contributed by atoms with E-state index in [9.17, 15) is 17.6 Å². The minimum Gasteiger partial charge on any atom is -0.358 e. The second kappa shape index (κ2) is 8.94. The van der Waals surface area contributed by atoms with Crippen LogP contribution in [0.1, 0.15) is 24.0 Å². The molecule has 2 aromatic rings. The minimum atomic E-state index is -4.30. The smallest absolute Gasteiger partial charge is 0.358 e. The molecule has 0 aliphatic carbocycles. The fourth-order valence-corrected chi connectivity index (χ4v) is 4.98. The molecule has 4 rings (SSSR count). The van der Waals surface area contributed by atoms with Crippen molar-refractivity contribution < 1.29 is 27.4 Å². The zero-order valence-electron chi connectivity index (χ0n) is 17.0. The number of hydrogen-bond acceptors (Lipinski definition) is 1. The van der Waals surface area contributed by atoms with Crippen LogP contribution < -0.4 is 14.7 Å². The van der Waals surface area contributed by atoms with Crippen LogP contribution in [0.4, 0.5) is 23.2 Å². The van der Waals surface area contributed by atoms with Gasteiger partial charge in [-0.1, -0.05) is 30.3 Å². The number of piperazine rings is 1. The Morgan fingerprint density at radius 2 is 1.50 bits per heavy atom. The number of rotatable bonds is 4. The number of piperidine rings is 1. The van der Waals surface area contributed by atoms with E-state index in [0.717, 1.165) is 52.1 Å². The summed E-state index contributed by atoms with van der Waals surface area (Å²) in [7, 11) is 0. The molecule has 2 aliphatic rings. The van der Waals surface area contributed by atoms with Crippen LogP contribution >= 0.6 is 0 Å². The van der Waals surface area contributed by atoms with Gasteiger partial charge in [0.1, 0.15) is 12.4 Å². The molecule has 0 saturated carbocycles. The number of para-hydroxylation sites is 1. The Morgan fingerprint density at radius 3 is 2.17 bits per heavy atom. The van der Waals surface area contributed by atoms with Crippen molar-refractivity contribution in [2.45, 2.75) is 31.6 Å². The van der Waals surface area contributed by atoms with Gasteiger partial charge in [-0.05, 0) is 18.2 Å². The lowest BCUT2D eigenvalue weighted by molar-refractivity contribution is -0.963. The maximum atomic E-state index is 14.0. The van der Waals surface area contributed by atoms with E-state index in [1.165, 1.54) is 23.1 Å². The normalized spacial score (nSPS) is 23.5. The summed E-state index contributed by atoms with van der Waals surface area (Å²) in [5, 5.41) is 0. The first-order valence-electron chi connectivity index (χ1n) is 10.7. The molecule has 2 fully saturated rings. The number of alkyl halides is 3. The molecule has 0 bridgehead atoms. The third-order valence-corrected chi connectivity index (χ3v) is 6.63. The summed E-state index contributed by atoms with van der Waals surface area (Å²) in [4.78, 5) is 4.90. The quantitative estimate of drug-likeness (QED) is 0.715. The first-order chi connectivity index (χ1) is 14.4. The summed E-state index contributed by atoms with van der Waals surface area (Å²) in [5.41, 5.74) is 0.568. The number of likely N-dealkylation sites (tertiary alicyclic amines) is 1. The van der Waals surface area contributed by atoms with Gasteiger partial charge < -0.3 is 14.7 Å². The molecule has 162 valence electrons. The molecule has 0 aromatic heterocycles. The van der Waals surface area contributed by atoms with Gasteiger partial charge in [0, 0.05) is 18.4 Å². The van der Waals surface area contributed by atoms with Gasteiger partial charge in [-0.25, -0.2) is 4.39 Å². The number of nitrogens with zero attached hydrogens (tertiary/aromatic N) is 1. The van der Waals surface area contributed by atoms with E-state index >= 15 is 0 Å². The molecule has 2 aromatic carbocycles. The molecule has 2 saturated heterocycles. The maximum absolute atomic E-state index is 14.0. The van der Waals surface area contributed by atoms with Crippen molar-refractivity contribution in [3.8, 4) is 0 Å². The fraction of sp³-hybridized carbons (Fsp3) is 0.478. The van der Waals surface area contributed by atoms with Gasteiger partial charge in [-0.2, -0.15) is 13.2 Å². The minimum absolute atomic E-state index is 0.169. The van der Waals surface area contributed by atoms with Gasteiger partial charge >= 0.3 is 6.18 Å². The van der Waals surface area contributed by atoms with Crippen molar-refractivity contribution in [1.82, 2.24) is 0 Å². The predicted octanol–water partition coefficient (Wildman–Crippen LogP) is 1.80. The lowest BCUT2D eigenvalue weighted by Crippen LogP contribution is -3.21. The predicted molar refractivity (Wildman–Crippen MR) is 108 cm³/mol. The van der Waals surface area contributed by atoms with Crippen LogP contribution in [0.2, 0.25) is 0 Å². The Labute approximate surface area is 174 Å². The Morgan fingerprint density at radius 1 is 0.867 bits per heavy atom. The van der Waals surface area contributed by atoms with Crippen LogP contribution in [-0.2, 0) is 12.7 Å². The molecule has 0 spiro atoms. The highest BCUT2D eigenvalue weighted by Gasteiger charge is 2.36. The molecule has 2 aliphatic heterocycles. The molecule has 3 nitrogen and oxygen atoms in total. The molecule has 0 amide bonds. The van der Waals surface area contributed by atoms with Crippen LogP contribution in [0, 0.1) is 5.82 Å². The van der Waals surface area contributed by atoms with Crippen LogP contribution in [0.25, 0.3) is 0 Å². The summed E-state index contributed by atoms with van der Waals surface area (Å²) in [6, 6.07) is 13.4. The molecule has 2 heterocycles. The molecule has 7 heteroatoms. The molecular formula is C23H29F4N3+2. The summed E-state index contributed by atoms with van der Waals surface area (Å²) in [6.45, 7) is 5.86. The second-order valence-corrected chi connectivity index (χ2v) is 8.45. The van der Waals surface area contributed by atoms with Crippen molar-refractivity contribution in [3.63, 3.8) is 0 Å². The Balaban J connectivity index is 1.28. The zero-order valence-corrected chi connectivity index (χ0v) is 17.0. The van der Waals surface area contributed by atoms with E-state index < -0.39 is 11.7 Å². The lowest BCUT2D eigenvalue weighted by atomic mass is 10.00. The molecule has 0 atom stereocenters. The molecule has 0 unspecified atom stereocenters. The number of halogens is 4. The number of quaternary nitrogens is 2. The molecular weight excluding hydrogens is 394 g/mol. The SMILES string of the molecule is Fc1ccccc1N1CC[NH+](C2CC[NH+](Cc3ccccc3C(F)(F)F)CC2)CC1. The van der Waals surface area contributed by atoms with E-state index in [-0.39, 0.29) is 5.82 Å². The second-order valence-electron chi connectivity index (χ2n) is 8.45. The first-order valence-corrected chi connectivity index (χ1v) is 10.7. The number of nitrogens with one attached hydrogen (secondary N) is 2. The maximum Gasteiger partial charge on any atom is 0.416 e. The average molecular weight is 423 g/mol. The standard InChI is InChI=1S/C23H27F4N3/c24-21-7-3-4-8-22(21)30-15-13-29(14-16-30)19-9-11-28(12-10-19)17-18-5-1-2-6-20(18)23(25,26)27/h1-8,19H,9-17H2/p+2. The van der Waals surface area contributed by atoms with Gasteiger partial charge in [0.05, 0.1) is 56.6 Å². The average Bonchev–Trinajstić information content (AvgIpc) is 2.75. The van der Waals surface area contributed by atoms with Crippen molar-refractivity contribution in [2.75, 3.05) is 44.2 Å². The van der Waals surface area contributed by atoms with Crippen LogP contribution in [0.15, 0.2) is 48.5 Å². The van der Waals surface area contributed by atoms with Gasteiger partial charge in [0.15, 0.2) is 0 Å². The monoisotopic (exact) mass is 423 g/mol. The number of benzene rings is 2. The zero-order chi connectivity index (χ0) is 21.1. The topological polar surface area (TPSA) is 12.1 Å².